The molecule has 0 radical (unpaired) electrons. The highest BCUT2D eigenvalue weighted by atomic mass is 32.2. The normalized spacial score (nSPS) is 14.5. The molecule has 2 amide bonds. The zero-order chi connectivity index (χ0) is 25.0. The van der Waals surface area contributed by atoms with Crippen LogP contribution in [0.1, 0.15) is 39.9 Å². The van der Waals surface area contributed by atoms with Crippen molar-refractivity contribution in [3.05, 3.63) is 60.4 Å². The van der Waals surface area contributed by atoms with Crippen molar-refractivity contribution < 1.29 is 14.3 Å². The Labute approximate surface area is 210 Å². The van der Waals surface area contributed by atoms with Gasteiger partial charge in [0.25, 0.3) is 0 Å². The Hall–Kier alpha value is -3.33. The van der Waals surface area contributed by atoms with Crippen molar-refractivity contribution in [1.82, 2.24) is 14.8 Å². The third-order valence-electron chi connectivity index (χ3n) is 5.92. The number of hydrogen-bond donors (Lipinski definition) is 1. The lowest BCUT2D eigenvalue weighted by Gasteiger charge is -2.42. The second kappa shape index (κ2) is 10.5. The summed E-state index contributed by atoms with van der Waals surface area (Å²) in [5.41, 5.74) is 0.322. The maximum Gasteiger partial charge on any atom is 0.250 e. The first kappa shape index (κ1) is 24.8. The predicted octanol–water partition coefficient (Wildman–Crippen LogP) is 4.76. The minimum Gasteiger partial charge on any atom is -0.486 e. The molecule has 2 heterocycles. The van der Waals surface area contributed by atoms with Gasteiger partial charge in [-0.1, -0.05) is 55.9 Å². The van der Waals surface area contributed by atoms with Crippen LogP contribution in [-0.4, -0.2) is 37.9 Å². The van der Waals surface area contributed by atoms with Gasteiger partial charge in [-0.05, 0) is 50.5 Å². The van der Waals surface area contributed by atoms with Crippen molar-refractivity contribution in [1.29, 1.82) is 0 Å². The number of carbonyl (C=O) groups is 2. The molecule has 3 aromatic rings. The second-order valence-corrected chi connectivity index (χ2v) is 10.3. The molecule has 0 bridgehead atoms. The topological polar surface area (TPSA) is 89.3 Å². The Morgan fingerprint density at radius 3 is 2.54 bits per heavy atom. The summed E-state index contributed by atoms with van der Waals surface area (Å²) in [6.07, 6.45) is 0.949. The molecule has 0 fully saturated rings. The molecule has 1 aliphatic heterocycles. The van der Waals surface area contributed by atoms with E-state index in [9.17, 15) is 9.59 Å². The Balaban J connectivity index is 1.52. The zero-order valence-corrected chi connectivity index (χ0v) is 21.3. The van der Waals surface area contributed by atoms with Gasteiger partial charge in [0.2, 0.25) is 11.8 Å². The van der Waals surface area contributed by atoms with Gasteiger partial charge in [-0.15, -0.1) is 10.2 Å². The molecule has 184 valence electrons. The number of benzene rings is 2. The molecule has 8 nitrogen and oxygen atoms in total. The fraction of sp³-hybridized carbons (Fsp3) is 0.385. The number of rotatable bonds is 9. The Kier molecular flexibility index (Phi) is 7.45. The fourth-order valence-corrected chi connectivity index (χ4v) is 4.73. The molecule has 1 aromatic heterocycles. The average molecular weight is 494 g/mol. The first-order chi connectivity index (χ1) is 16.8. The molecule has 0 unspecified atom stereocenters. The van der Waals surface area contributed by atoms with E-state index in [0.29, 0.717) is 28.3 Å². The number of aromatic nitrogens is 3. The fourth-order valence-electron chi connectivity index (χ4n) is 3.90. The molecule has 1 aliphatic rings. The summed E-state index contributed by atoms with van der Waals surface area (Å²) in [5.74, 6) is 1.73. The number of hydrogen-bond acceptors (Lipinski definition) is 6. The summed E-state index contributed by atoms with van der Waals surface area (Å²) in [6.45, 7) is 8.87. The van der Waals surface area contributed by atoms with E-state index >= 15 is 0 Å². The first-order valence-corrected chi connectivity index (χ1v) is 12.7. The van der Waals surface area contributed by atoms with Gasteiger partial charge in [-0.3, -0.25) is 14.5 Å². The summed E-state index contributed by atoms with van der Waals surface area (Å²) in [5, 5.41) is 12.3. The molecule has 0 aliphatic carbocycles. The third kappa shape index (κ3) is 5.51. The highest BCUT2D eigenvalue weighted by Crippen LogP contribution is 2.37. The largest absolute Gasteiger partial charge is 0.486 e. The SMILES string of the molecule is CC(C)CCn1c(COc2ccccc2)nnc1SCC(=O)N1c2ccccc2NC(=O)C1(C)C. The number of ether oxygens (including phenoxy) is 1. The van der Waals surface area contributed by atoms with Crippen molar-refractivity contribution in [2.75, 3.05) is 16.0 Å². The molecule has 1 N–H and O–H groups in total. The number of nitrogens with one attached hydrogen (secondary N) is 1. The monoisotopic (exact) mass is 493 g/mol. The van der Waals surface area contributed by atoms with Crippen LogP contribution in [0.3, 0.4) is 0 Å². The molecule has 9 heteroatoms. The van der Waals surface area contributed by atoms with E-state index in [1.54, 1.807) is 24.8 Å². The number of nitrogens with zero attached hydrogens (tertiary/aromatic N) is 4. The first-order valence-electron chi connectivity index (χ1n) is 11.7. The lowest BCUT2D eigenvalue weighted by Crippen LogP contribution is -2.59. The number of thioether (sulfide) groups is 1. The van der Waals surface area contributed by atoms with Gasteiger partial charge in [0.15, 0.2) is 11.0 Å². The van der Waals surface area contributed by atoms with Gasteiger partial charge in [0.05, 0.1) is 17.1 Å². The maximum absolute atomic E-state index is 13.4. The van der Waals surface area contributed by atoms with Gasteiger partial charge in [0.1, 0.15) is 17.9 Å². The maximum atomic E-state index is 13.4. The molecular formula is C26H31N5O3S. The summed E-state index contributed by atoms with van der Waals surface area (Å²) in [6, 6.07) is 16.9. The van der Waals surface area contributed by atoms with E-state index in [-0.39, 0.29) is 24.2 Å². The summed E-state index contributed by atoms with van der Waals surface area (Å²) >= 11 is 1.33. The van der Waals surface area contributed by atoms with Gasteiger partial charge in [-0.25, -0.2) is 0 Å². The van der Waals surface area contributed by atoms with Crippen molar-refractivity contribution in [2.45, 2.75) is 58.0 Å². The molecule has 2 aromatic carbocycles. The van der Waals surface area contributed by atoms with Gasteiger partial charge >= 0.3 is 0 Å². The van der Waals surface area contributed by atoms with E-state index in [4.69, 9.17) is 4.74 Å². The van der Waals surface area contributed by atoms with E-state index in [0.717, 1.165) is 18.7 Å². The van der Waals surface area contributed by atoms with Crippen LogP contribution in [-0.2, 0) is 22.7 Å². The molecular weight excluding hydrogens is 462 g/mol. The highest BCUT2D eigenvalue weighted by Gasteiger charge is 2.43. The molecule has 35 heavy (non-hydrogen) atoms. The van der Waals surface area contributed by atoms with Crippen molar-refractivity contribution >= 4 is 35.0 Å². The molecule has 0 atom stereocenters. The van der Waals surface area contributed by atoms with E-state index in [1.165, 1.54) is 11.8 Å². The number of anilines is 2. The molecule has 0 saturated carbocycles. The van der Waals surface area contributed by atoms with Crippen molar-refractivity contribution in [3.8, 4) is 5.75 Å². The minimum atomic E-state index is -1.01. The molecule has 4 rings (SSSR count). The number of fused-ring (bicyclic) bond motifs is 1. The minimum absolute atomic E-state index is 0.129. The van der Waals surface area contributed by atoms with E-state index in [1.807, 2.05) is 53.1 Å². The summed E-state index contributed by atoms with van der Waals surface area (Å²) < 4.78 is 7.93. The van der Waals surface area contributed by atoms with Crippen molar-refractivity contribution in [2.24, 2.45) is 5.92 Å². The highest BCUT2D eigenvalue weighted by molar-refractivity contribution is 7.99. The number of para-hydroxylation sites is 3. The van der Waals surface area contributed by atoms with Crippen LogP contribution in [0.2, 0.25) is 0 Å². The third-order valence-corrected chi connectivity index (χ3v) is 6.87. The Morgan fingerprint density at radius 2 is 1.80 bits per heavy atom. The second-order valence-electron chi connectivity index (χ2n) is 9.38. The quantitative estimate of drug-likeness (QED) is 0.433. The van der Waals surface area contributed by atoms with Crippen LogP contribution in [0.5, 0.6) is 5.75 Å². The van der Waals surface area contributed by atoms with Gasteiger partial charge in [-0.2, -0.15) is 0 Å². The number of carbonyl (C=O) groups excluding carboxylic acids is 2. The van der Waals surface area contributed by atoms with E-state index < -0.39 is 5.54 Å². The van der Waals surface area contributed by atoms with Crippen LogP contribution < -0.4 is 15.0 Å². The van der Waals surface area contributed by atoms with Crippen molar-refractivity contribution in [3.63, 3.8) is 0 Å². The Morgan fingerprint density at radius 1 is 1.09 bits per heavy atom. The summed E-state index contributed by atoms with van der Waals surface area (Å²) in [4.78, 5) is 27.7. The Bertz CT molecular complexity index is 1190. The van der Waals surface area contributed by atoms with Crippen LogP contribution in [0.25, 0.3) is 0 Å². The zero-order valence-electron chi connectivity index (χ0n) is 20.5. The lowest BCUT2D eigenvalue weighted by molar-refractivity contribution is -0.125. The predicted molar refractivity (Wildman–Crippen MR) is 138 cm³/mol. The lowest BCUT2D eigenvalue weighted by atomic mass is 9.96. The van der Waals surface area contributed by atoms with Crippen LogP contribution in [0.15, 0.2) is 59.8 Å². The standard InChI is InChI=1S/C26H31N5O3S/c1-18(2)14-15-30-22(16-34-19-10-6-5-7-11-19)28-29-25(30)35-17-23(32)31-21-13-9-8-12-20(21)27-24(33)26(31,3)4/h5-13,18H,14-17H2,1-4H3,(H,27,33). The average Bonchev–Trinajstić information content (AvgIpc) is 3.22. The smallest absolute Gasteiger partial charge is 0.250 e. The van der Waals surface area contributed by atoms with Crippen LogP contribution in [0.4, 0.5) is 11.4 Å². The molecule has 0 spiro atoms. The molecule has 0 saturated heterocycles. The van der Waals surface area contributed by atoms with Crippen LogP contribution >= 0.6 is 11.8 Å². The van der Waals surface area contributed by atoms with Gasteiger partial charge < -0.3 is 14.6 Å². The number of amides is 2. The van der Waals surface area contributed by atoms with Gasteiger partial charge in [0, 0.05) is 6.54 Å². The summed E-state index contributed by atoms with van der Waals surface area (Å²) in [7, 11) is 0. The van der Waals surface area contributed by atoms with Crippen LogP contribution in [0, 0.1) is 5.92 Å². The van der Waals surface area contributed by atoms with E-state index in [2.05, 4.69) is 29.4 Å².